The number of hydrogen-bond donors (Lipinski definition) is 1. The molecule has 1 aliphatic carbocycles. The highest BCUT2D eigenvalue weighted by Crippen LogP contribution is 2.33. The second kappa shape index (κ2) is 11.2. The van der Waals surface area contributed by atoms with E-state index in [9.17, 15) is 4.79 Å². The summed E-state index contributed by atoms with van der Waals surface area (Å²) in [6.07, 6.45) is 7.04. The van der Waals surface area contributed by atoms with Crippen LogP contribution in [0.3, 0.4) is 0 Å². The fourth-order valence-corrected chi connectivity index (χ4v) is 4.86. The number of halogens is 1. The summed E-state index contributed by atoms with van der Waals surface area (Å²) >= 11 is 6.50. The largest absolute Gasteiger partial charge is 0.489 e. The van der Waals surface area contributed by atoms with Crippen molar-refractivity contribution in [1.29, 1.82) is 0 Å². The molecule has 2 heterocycles. The highest BCUT2D eigenvalue weighted by atomic mass is 35.5. The third-order valence-corrected chi connectivity index (χ3v) is 6.71. The number of nitrogens with one attached hydrogen (secondary N) is 1. The van der Waals surface area contributed by atoms with E-state index in [-0.39, 0.29) is 12.1 Å². The molecule has 0 unspecified atom stereocenters. The Morgan fingerprint density at radius 2 is 1.97 bits per heavy atom. The van der Waals surface area contributed by atoms with E-state index in [4.69, 9.17) is 25.6 Å². The van der Waals surface area contributed by atoms with Crippen LogP contribution in [0.1, 0.15) is 58.4 Å². The van der Waals surface area contributed by atoms with Crippen LogP contribution in [-0.2, 0) is 16.1 Å². The predicted octanol–water partition coefficient (Wildman–Crippen LogP) is 6.48. The number of ether oxygens (including phenoxy) is 2. The monoisotopic (exact) mass is 536 g/mol. The molecular weight excluding hydrogens is 504 g/mol. The molecule has 5 rings (SSSR count). The van der Waals surface area contributed by atoms with Crippen molar-refractivity contribution in [2.24, 2.45) is 0 Å². The van der Waals surface area contributed by atoms with Gasteiger partial charge < -0.3 is 19.3 Å². The smallest absolute Gasteiger partial charge is 0.307 e. The second-order valence-electron chi connectivity index (χ2n) is 10.7. The molecule has 8 nitrogen and oxygen atoms in total. The summed E-state index contributed by atoms with van der Waals surface area (Å²) in [4.78, 5) is 16.5. The van der Waals surface area contributed by atoms with Crippen LogP contribution in [0, 0.1) is 0 Å². The van der Waals surface area contributed by atoms with Crippen molar-refractivity contribution in [3.63, 3.8) is 0 Å². The minimum Gasteiger partial charge on any atom is -0.489 e. The summed E-state index contributed by atoms with van der Waals surface area (Å²) in [5, 5.41) is 9.09. The van der Waals surface area contributed by atoms with Crippen molar-refractivity contribution in [2.75, 3.05) is 6.54 Å². The minimum atomic E-state index is -0.462. The average Bonchev–Trinajstić information content (AvgIpc) is 3.62. The molecule has 38 heavy (non-hydrogen) atoms. The van der Waals surface area contributed by atoms with Gasteiger partial charge in [-0.05, 0) is 93.6 Å². The highest BCUT2D eigenvalue weighted by Gasteiger charge is 2.19. The van der Waals surface area contributed by atoms with Gasteiger partial charge in [-0.1, -0.05) is 17.7 Å². The first-order valence-electron chi connectivity index (χ1n) is 13.1. The fourth-order valence-electron chi connectivity index (χ4n) is 4.64. The van der Waals surface area contributed by atoms with Gasteiger partial charge in [0.25, 0.3) is 11.8 Å². The summed E-state index contributed by atoms with van der Waals surface area (Å²) in [5.74, 6) is 1.32. The van der Waals surface area contributed by atoms with Crippen LogP contribution in [0.2, 0.25) is 5.02 Å². The zero-order valence-electron chi connectivity index (χ0n) is 22.0. The molecular formula is C29H33ClN4O4. The van der Waals surface area contributed by atoms with Crippen molar-refractivity contribution in [3.8, 4) is 23.2 Å². The summed E-state index contributed by atoms with van der Waals surface area (Å²) in [5.41, 5.74) is 2.36. The van der Waals surface area contributed by atoms with Gasteiger partial charge in [0, 0.05) is 30.2 Å². The van der Waals surface area contributed by atoms with Crippen molar-refractivity contribution in [1.82, 2.24) is 20.0 Å². The molecule has 0 amide bonds. The van der Waals surface area contributed by atoms with E-state index in [1.165, 1.54) is 12.8 Å². The van der Waals surface area contributed by atoms with Crippen LogP contribution in [-0.4, -0.2) is 38.9 Å². The number of carbonyl (C=O) groups excluding carboxylic acids is 1. The van der Waals surface area contributed by atoms with E-state index in [1.807, 2.05) is 61.9 Å². The van der Waals surface area contributed by atoms with Gasteiger partial charge >= 0.3 is 5.97 Å². The summed E-state index contributed by atoms with van der Waals surface area (Å²) in [7, 11) is 0. The van der Waals surface area contributed by atoms with Gasteiger partial charge in [-0.25, -0.2) is 0 Å². The van der Waals surface area contributed by atoms with Crippen LogP contribution in [0.5, 0.6) is 5.75 Å². The molecule has 2 aromatic carbocycles. The molecule has 0 saturated heterocycles. The molecule has 0 aliphatic heterocycles. The Labute approximate surface area is 227 Å². The van der Waals surface area contributed by atoms with E-state index < -0.39 is 5.60 Å². The number of nitrogens with zero attached hydrogens (tertiary/aromatic N) is 3. The lowest BCUT2D eigenvalue weighted by Crippen LogP contribution is -2.26. The number of benzene rings is 2. The summed E-state index contributed by atoms with van der Waals surface area (Å²) in [6, 6.07) is 13.8. The fraction of sp³-hybridized carbons (Fsp3) is 0.414. The average molecular weight is 537 g/mol. The third kappa shape index (κ3) is 6.37. The Morgan fingerprint density at radius 3 is 2.74 bits per heavy atom. The number of fused-ring (bicyclic) bond motifs is 1. The molecule has 2 aromatic heterocycles. The Kier molecular flexibility index (Phi) is 7.72. The maximum atomic E-state index is 11.9. The van der Waals surface area contributed by atoms with Gasteiger partial charge in [0.1, 0.15) is 11.4 Å². The number of hydrogen-bond acceptors (Lipinski definition) is 7. The van der Waals surface area contributed by atoms with E-state index in [0.29, 0.717) is 42.1 Å². The zero-order chi connectivity index (χ0) is 26.7. The Hall–Kier alpha value is -3.36. The minimum absolute atomic E-state index is 0.201. The maximum absolute atomic E-state index is 11.9. The molecule has 1 N–H and O–H groups in total. The first-order chi connectivity index (χ1) is 18.2. The Morgan fingerprint density at radius 1 is 1.16 bits per heavy atom. The number of esters is 1. The molecule has 1 saturated carbocycles. The van der Waals surface area contributed by atoms with Gasteiger partial charge in [-0.3, -0.25) is 9.36 Å². The molecule has 0 atom stereocenters. The lowest BCUT2D eigenvalue weighted by molar-refractivity contribution is -0.154. The quantitative estimate of drug-likeness (QED) is 0.193. The normalized spacial score (nSPS) is 14.3. The van der Waals surface area contributed by atoms with Gasteiger partial charge in [-0.2, -0.15) is 4.98 Å². The van der Waals surface area contributed by atoms with Crippen molar-refractivity contribution < 1.29 is 18.8 Å². The predicted molar refractivity (Wildman–Crippen MR) is 147 cm³/mol. The van der Waals surface area contributed by atoms with Crippen LogP contribution in [0.4, 0.5) is 0 Å². The SMILES string of the molecule is CC(C)(C)OC(=O)CCNCc1ccc2c(ccn2-c2noc(-c3ccc(OC4CCCC4)c(Cl)c3)n2)c1. The molecule has 200 valence electrons. The second-order valence-corrected chi connectivity index (χ2v) is 11.1. The van der Waals surface area contributed by atoms with E-state index >= 15 is 0 Å². The van der Waals surface area contributed by atoms with Crippen LogP contribution < -0.4 is 10.1 Å². The maximum Gasteiger partial charge on any atom is 0.307 e. The zero-order valence-corrected chi connectivity index (χ0v) is 22.8. The number of carbonyl (C=O) groups is 1. The third-order valence-electron chi connectivity index (χ3n) is 6.42. The number of aromatic nitrogens is 3. The van der Waals surface area contributed by atoms with Crippen molar-refractivity contribution in [3.05, 3.63) is 59.2 Å². The number of rotatable bonds is 9. The van der Waals surface area contributed by atoms with E-state index in [1.54, 1.807) is 6.07 Å². The lowest BCUT2D eigenvalue weighted by atomic mass is 10.1. The Balaban J connectivity index is 1.22. The van der Waals surface area contributed by atoms with Crippen LogP contribution >= 0.6 is 11.6 Å². The van der Waals surface area contributed by atoms with Gasteiger partial charge in [0.2, 0.25) is 0 Å². The molecule has 0 bridgehead atoms. The van der Waals surface area contributed by atoms with Crippen LogP contribution in [0.25, 0.3) is 28.3 Å². The topological polar surface area (TPSA) is 91.4 Å². The molecule has 9 heteroatoms. The van der Waals surface area contributed by atoms with Gasteiger partial charge in [0.05, 0.1) is 23.1 Å². The van der Waals surface area contributed by atoms with Crippen molar-refractivity contribution in [2.45, 2.75) is 71.1 Å². The molecule has 1 fully saturated rings. The first-order valence-corrected chi connectivity index (χ1v) is 13.5. The summed E-state index contributed by atoms with van der Waals surface area (Å²) < 4.78 is 18.8. The highest BCUT2D eigenvalue weighted by molar-refractivity contribution is 6.32. The molecule has 0 radical (unpaired) electrons. The van der Waals surface area contributed by atoms with Crippen molar-refractivity contribution >= 4 is 28.5 Å². The van der Waals surface area contributed by atoms with E-state index in [2.05, 4.69) is 21.5 Å². The standard InChI is InChI=1S/C29H33ClN4O4/c1-29(2,3)37-26(35)12-14-31-18-19-8-10-24-20(16-19)13-15-34(24)28-32-27(38-33-28)21-9-11-25(23(30)17-21)36-22-6-4-5-7-22/h8-11,13,15-17,22,31H,4-7,12,14,18H2,1-3H3. The van der Waals surface area contributed by atoms with E-state index in [0.717, 1.165) is 34.9 Å². The van der Waals surface area contributed by atoms with Gasteiger partial charge in [0.15, 0.2) is 0 Å². The molecule has 0 spiro atoms. The molecule has 4 aromatic rings. The lowest BCUT2D eigenvalue weighted by Gasteiger charge is -2.19. The first kappa shape index (κ1) is 26.3. The van der Waals surface area contributed by atoms with Gasteiger partial charge in [-0.15, -0.1) is 0 Å². The Bertz CT molecular complexity index is 1420. The summed E-state index contributed by atoms with van der Waals surface area (Å²) in [6.45, 7) is 6.81. The van der Waals surface area contributed by atoms with Crippen LogP contribution in [0.15, 0.2) is 53.2 Å². The molecule has 1 aliphatic rings.